The number of carbonyl (C=O) groups excluding carboxylic acids is 3. The smallest absolute Gasteiger partial charge is 0.335 e. The van der Waals surface area contributed by atoms with Gasteiger partial charge in [-0.1, -0.05) is 23.7 Å². The third-order valence-corrected chi connectivity index (χ3v) is 5.99. The van der Waals surface area contributed by atoms with Crippen LogP contribution in [0.15, 0.2) is 54.1 Å². The Hall–Kier alpha value is -3.38. The topological polar surface area (TPSA) is 69.7 Å². The van der Waals surface area contributed by atoms with Crippen LogP contribution in [0, 0.1) is 0 Å². The lowest BCUT2D eigenvalue weighted by Gasteiger charge is -2.40. The number of fused-ring (bicyclic) bond motifs is 1. The summed E-state index contributed by atoms with van der Waals surface area (Å²) in [6.07, 6.45) is 3.70. The molecule has 2 aromatic carbocycles. The zero-order valence-corrected chi connectivity index (χ0v) is 18.4. The van der Waals surface area contributed by atoms with Crippen molar-refractivity contribution in [2.24, 2.45) is 0 Å². The summed E-state index contributed by atoms with van der Waals surface area (Å²) in [4.78, 5) is 41.0. The summed E-state index contributed by atoms with van der Waals surface area (Å²) in [5, 5.41) is 2.72. The molecule has 0 saturated carbocycles. The zero-order chi connectivity index (χ0) is 22.5. The molecule has 0 unspecified atom stereocenters. The Morgan fingerprint density at radius 2 is 1.71 bits per heavy atom. The van der Waals surface area contributed by atoms with E-state index in [1.165, 1.54) is 6.08 Å². The van der Waals surface area contributed by atoms with Gasteiger partial charge >= 0.3 is 6.03 Å². The molecule has 0 radical (unpaired) electrons. The number of nitrogens with zero attached hydrogens (tertiary/aromatic N) is 2. The molecular formula is C24H22ClN3O3. The number of nitrogens with one attached hydrogen (secondary N) is 1. The molecule has 2 aromatic rings. The van der Waals surface area contributed by atoms with E-state index in [4.69, 9.17) is 11.6 Å². The van der Waals surface area contributed by atoms with Gasteiger partial charge in [-0.25, -0.2) is 9.69 Å². The SMILES string of the molecule is CC1=CC(C)(C)N(C)c2ccc(/C=C3\C(=O)NC(=O)N(c4ccc(Cl)cc4)C3=O)cc21. The van der Waals surface area contributed by atoms with Crippen LogP contribution >= 0.6 is 11.6 Å². The molecule has 0 aliphatic carbocycles. The lowest BCUT2D eigenvalue weighted by Crippen LogP contribution is -2.54. The predicted octanol–water partition coefficient (Wildman–Crippen LogP) is 4.64. The van der Waals surface area contributed by atoms with Crippen molar-refractivity contribution in [3.63, 3.8) is 0 Å². The Morgan fingerprint density at radius 3 is 2.39 bits per heavy atom. The van der Waals surface area contributed by atoms with Gasteiger partial charge in [-0.15, -0.1) is 0 Å². The maximum atomic E-state index is 13.0. The van der Waals surface area contributed by atoms with Gasteiger partial charge in [0.2, 0.25) is 0 Å². The van der Waals surface area contributed by atoms with Gasteiger partial charge in [0.25, 0.3) is 11.8 Å². The molecule has 7 heteroatoms. The lowest BCUT2D eigenvalue weighted by atomic mass is 9.88. The summed E-state index contributed by atoms with van der Waals surface area (Å²) in [5.41, 5.74) is 4.03. The van der Waals surface area contributed by atoms with E-state index >= 15 is 0 Å². The van der Waals surface area contributed by atoms with Crippen molar-refractivity contribution in [1.29, 1.82) is 0 Å². The zero-order valence-electron chi connectivity index (χ0n) is 17.7. The minimum Gasteiger partial charge on any atom is -0.366 e. The monoisotopic (exact) mass is 435 g/mol. The number of amides is 4. The van der Waals surface area contributed by atoms with E-state index in [1.807, 2.05) is 32.2 Å². The van der Waals surface area contributed by atoms with Gasteiger partial charge in [-0.05, 0) is 74.4 Å². The number of hydrogen-bond donors (Lipinski definition) is 1. The highest BCUT2D eigenvalue weighted by Gasteiger charge is 2.37. The molecule has 2 heterocycles. The molecule has 0 spiro atoms. The Balaban J connectivity index is 1.73. The molecular weight excluding hydrogens is 414 g/mol. The summed E-state index contributed by atoms with van der Waals surface area (Å²) in [6, 6.07) is 11.3. The van der Waals surface area contributed by atoms with Crippen LogP contribution < -0.4 is 15.1 Å². The van der Waals surface area contributed by atoms with Gasteiger partial charge < -0.3 is 4.90 Å². The number of barbiturate groups is 1. The maximum absolute atomic E-state index is 13.0. The first-order valence-corrected chi connectivity index (χ1v) is 10.2. The summed E-state index contributed by atoms with van der Waals surface area (Å²) in [5.74, 6) is -1.40. The van der Waals surface area contributed by atoms with E-state index in [0.717, 1.165) is 21.7 Å². The average Bonchev–Trinajstić information content (AvgIpc) is 2.70. The number of allylic oxidation sites excluding steroid dienone is 1. The van der Waals surface area contributed by atoms with Gasteiger partial charge in [0.1, 0.15) is 5.57 Å². The highest BCUT2D eigenvalue weighted by Crippen LogP contribution is 2.38. The van der Waals surface area contributed by atoms with Crippen LogP contribution in [-0.2, 0) is 9.59 Å². The number of likely N-dealkylation sites (N-methyl/N-ethyl adjacent to an activating group) is 1. The Bertz CT molecular complexity index is 1180. The predicted molar refractivity (Wildman–Crippen MR) is 123 cm³/mol. The lowest BCUT2D eigenvalue weighted by molar-refractivity contribution is -0.122. The fourth-order valence-corrected chi connectivity index (χ4v) is 4.04. The maximum Gasteiger partial charge on any atom is 0.335 e. The number of urea groups is 1. The summed E-state index contributed by atoms with van der Waals surface area (Å²) < 4.78 is 0. The van der Waals surface area contributed by atoms with Crippen LogP contribution in [0.2, 0.25) is 5.02 Å². The van der Waals surface area contributed by atoms with Crippen molar-refractivity contribution in [2.75, 3.05) is 16.8 Å². The van der Waals surface area contributed by atoms with Crippen molar-refractivity contribution in [2.45, 2.75) is 26.3 Å². The van der Waals surface area contributed by atoms with Crippen molar-refractivity contribution < 1.29 is 14.4 Å². The molecule has 2 aliphatic heterocycles. The molecule has 2 aliphatic rings. The molecule has 1 fully saturated rings. The molecule has 158 valence electrons. The van der Waals surface area contributed by atoms with Crippen LogP contribution in [0.5, 0.6) is 0 Å². The molecule has 4 rings (SSSR count). The van der Waals surface area contributed by atoms with Gasteiger partial charge in [-0.2, -0.15) is 0 Å². The molecule has 31 heavy (non-hydrogen) atoms. The highest BCUT2D eigenvalue weighted by atomic mass is 35.5. The number of anilines is 2. The van der Waals surface area contributed by atoms with Gasteiger partial charge in [0.05, 0.1) is 11.2 Å². The number of hydrogen-bond acceptors (Lipinski definition) is 4. The average molecular weight is 436 g/mol. The highest BCUT2D eigenvalue weighted by molar-refractivity contribution is 6.39. The largest absolute Gasteiger partial charge is 0.366 e. The van der Waals surface area contributed by atoms with Crippen molar-refractivity contribution in [3.8, 4) is 0 Å². The van der Waals surface area contributed by atoms with E-state index in [-0.39, 0.29) is 11.1 Å². The summed E-state index contributed by atoms with van der Waals surface area (Å²) in [7, 11) is 2.04. The molecule has 0 atom stereocenters. The molecule has 1 N–H and O–H groups in total. The quantitative estimate of drug-likeness (QED) is 0.551. The van der Waals surface area contributed by atoms with Gasteiger partial charge in [0, 0.05) is 23.3 Å². The minimum atomic E-state index is -0.789. The number of rotatable bonds is 2. The second kappa shape index (κ2) is 7.39. The normalized spacial score (nSPS) is 19.3. The third-order valence-electron chi connectivity index (χ3n) is 5.74. The first-order chi connectivity index (χ1) is 14.6. The van der Waals surface area contributed by atoms with Crippen molar-refractivity contribution in [3.05, 3.63) is 70.3 Å². The van der Waals surface area contributed by atoms with Crippen molar-refractivity contribution in [1.82, 2.24) is 5.32 Å². The summed E-state index contributed by atoms with van der Waals surface area (Å²) in [6.45, 7) is 6.33. The van der Waals surface area contributed by atoms with E-state index in [2.05, 4.69) is 30.1 Å². The number of benzene rings is 2. The second-order valence-electron chi connectivity index (χ2n) is 8.25. The first-order valence-electron chi connectivity index (χ1n) is 9.83. The van der Waals surface area contributed by atoms with Crippen molar-refractivity contribution >= 4 is 52.5 Å². The molecule has 0 bridgehead atoms. The Labute approximate surface area is 185 Å². The van der Waals surface area contributed by atoms with Crippen LogP contribution in [0.3, 0.4) is 0 Å². The summed E-state index contributed by atoms with van der Waals surface area (Å²) >= 11 is 5.90. The van der Waals surface area contributed by atoms with Crippen LogP contribution in [0.4, 0.5) is 16.2 Å². The van der Waals surface area contributed by atoms with E-state index < -0.39 is 17.8 Å². The molecule has 4 amide bonds. The Morgan fingerprint density at radius 1 is 1.03 bits per heavy atom. The molecule has 6 nitrogen and oxygen atoms in total. The molecule has 1 saturated heterocycles. The Kier molecular flexibility index (Phi) is 4.98. The first kappa shape index (κ1) is 20.9. The van der Waals surface area contributed by atoms with Gasteiger partial charge in [-0.3, -0.25) is 14.9 Å². The van der Waals surface area contributed by atoms with E-state index in [9.17, 15) is 14.4 Å². The number of halogens is 1. The number of carbonyl (C=O) groups is 3. The third kappa shape index (κ3) is 3.64. The fraction of sp³-hybridized carbons (Fsp3) is 0.208. The van der Waals surface area contributed by atoms with Crippen LogP contribution in [0.25, 0.3) is 11.6 Å². The van der Waals surface area contributed by atoms with Crippen LogP contribution in [-0.4, -0.2) is 30.4 Å². The fourth-order valence-electron chi connectivity index (χ4n) is 3.92. The van der Waals surface area contributed by atoms with Crippen LogP contribution in [0.1, 0.15) is 31.9 Å². The van der Waals surface area contributed by atoms with E-state index in [0.29, 0.717) is 16.3 Å². The number of imide groups is 2. The van der Waals surface area contributed by atoms with E-state index in [1.54, 1.807) is 24.3 Å². The minimum absolute atomic E-state index is 0.111. The second-order valence-corrected chi connectivity index (χ2v) is 8.69. The molecule has 0 aromatic heterocycles. The van der Waals surface area contributed by atoms with Gasteiger partial charge in [0.15, 0.2) is 0 Å². The standard InChI is InChI=1S/C24H22ClN3O3/c1-14-13-24(2,3)27(4)20-10-5-15(11-18(14)20)12-19-21(29)26-23(31)28(22(19)30)17-8-6-16(25)7-9-17/h5-13H,1-4H3,(H,26,29,31)/b19-12+.